The lowest BCUT2D eigenvalue weighted by atomic mass is 9.85. The molecule has 9 nitrogen and oxygen atoms in total. The number of nitrogens with one attached hydrogen (secondary N) is 2. The lowest BCUT2D eigenvalue weighted by Crippen LogP contribution is -2.17. The first-order chi connectivity index (χ1) is 18.7. The first kappa shape index (κ1) is 25.6. The van der Waals surface area contributed by atoms with Crippen LogP contribution in [0.4, 0.5) is 10.8 Å². The van der Waals surface area contributed by atoms with Gasteiger partial charge in [-0.2, -0.15) is 5.26 Å². The quantitative estimate of drug-likeness (QED) is 0.236. The highest BCUT2D eigenvalue weighted by molar-refractivity contribution is 7.22. The average Bonchev–Trinajstić information content (AvgIpc) is 3.60. The third-order valence-electron chi connectivity index (χ3n) is 6.06. The van der Waals surface area contributed by atoms with Crippen LogP contribution in [-0.4, -0.2) is 21.8 Å². The third kappa shape index (κ3) is 5.63. The van der Waals surface area contributed by atoms with Crippen molar-refractivity contribution < 1.29 is 18.7 Å². The third-order valence-corrected chi connectivity index (χ3v) is 7.00. The molecule has 39 heavy (non-hydrogen) atoms. The molecule has 0 saturated carbocycles. The van der Waals surface area contributed by atoms with E-state index in [-0.39, 0.29) is 11.6 Å². The number of nitriles is 1. The molecule has 2 amide bonds. The highest BCUT2D eigenvalue weighted by atomic mass is 32.1. The fraction of sp³-hybridized carbons (Fsp3) is 0.138. The number of aromatic nitrogens is 2. The summed E-state index contributed by atoms with van der Waals surface area (Å²) in [5.74, 6) is 0.429. The van der Waals surface area contributed by atoms with Crippen LogP contribution >= 0.6 is 11.3 Å². The summed E-state index contributed by atoms with van der Waals surface area (Å²) >= 11 is 1.31. The molecule has 0 spiro atoms. The number of anilines is 2. The van der Waals surface area contributed by atoms with Gasteiger partial charge < -0.3 is 14.5 Å². The second kappa shape index (κ2) is 10.4. The van der Waals surface area contributed by atoms with Crippen molar-refractivity contribution in [1.82, 2.24) is 9.97 Å². The number of benzene rings is 3. The van der Waals surface area contributed by atoms with E-state index in [0.29, 0.717) is 33.4 Å². The van der Waals surface area contributed by atoms with Crippen molar-refractivity contribution in [3.8, 4) is 17.6 Å². The number of amides is 2. The summed E-state index contributed by atoms with van der Waals surface area (Å²) < 4.78 is 11.7. The van der Waals surface area contributed by atoms with Gasteiger partial charge in [-0.15, -0.1) is 0 Å². The predicted molar refractivity (Wildman–Crippen MR) is 148 cm³/mol. The number of ether oxygens (including phenoxy) is 1. The Morgan fingerprint density at radius 2 is 1.82 bits per heavy atom. The number of hydrogen-bond acceptors (Lipinski definition) is 8. The minimum atomic E-state index is -0.706. The van der Waals surface area contributed by atoms with Crippen LogP contribution in [0.15, 0.2) is 77.7 Å². The van der Waals surface area contributed by atoms with E-state index in [2.05, 4.69) is 26.7 Å². The van der Waals surface area contributed by atoms with Gasteiger partial charge in [-0.05, 0) is 62.2 Å². The zero-order chi connectivity index (χ0) is 27.6. The van der Waals surface area contributed by atoms with Crippen LogP contribution in [0.5, 0.6) is 11.5 Å². The largest absolute Gasteiger partial charge is 0.457 e. The Balaban J connectivity index is 1.31. The Kier molecular flexibility index (Phi) is 6.83. The Hall–Kier alpha value is -5.01. The van der Waals surface area contributed by atoms with Crippen molar-refractivity contribution >= 4 is 44.2 Å². The molecule has 2 heterocycles. The van der Waals surface area contributed by atoms with Crippen molar-refractivity contribution in [1.29, 1.82) is 5.26 Å². The number of nitrogens with zero attached hydrogens (tertiary/aromatic N) is 3. The number of rotatable bonds is 7. The molecule has 0 saturated heterocycles. The van der Waals surface area contributed by atoms with Gasteiger partial charge in [0.05, 0.1) is 21.7 Å². The van der Waals surface area contributed by atoms with E-state index < -0.39 is 11.3 Å². The number of hydrogen-bond donors (Lipinski definition) is 2. The number of oxazole rings is 1. The standard InChI is InChI=1S/C29H23N5O4S/c1-17-7-8-20(12-23(17)32-26(35)18-5-4-6-19(11-18)29(2,3)15-30)38-21-9-10-22-25(13-21)39-28(33-22)34-27(36)24-14-37-16-31-24/h4-14,16H,1-3H3,(H,32,35)(H,33,34,36). The van der Waals surface area contributed by atoms with Gasteiger partial charge in [-0.1, -0.05) is 29.5 Å². The molecule has 0 aliphatic carbocycles. The van der Waals surface area contributed by atoms with E-state index in [1.807, 2.05) is 45.0 Å². The SMILES string of the molecule is Cc1ccc(Oc2ccc3nc(NC(=O)c4cocn4)sc3c2)cc1NC(=O)c1cccc(C(C)(C)C#N)c1. The van der Waals surface area contributed by atoms with Crippen LogP contribution in [0, 0.1) is 18.3 Å². The maximum absolute atomic E-state index is 13.0. The maximum atomic E-state index is 13.0. The molecule has 0 fully saturated rings. The van der Waals surface area contributed by atoms with E-state index in [0.717, 1.165) is 15.8 Å². The molecular weight excluding hydrogens is 514 g/mol. The number of fused-ring (bicyclic) bond motifs is 1. The van der Waals surface area contributed by atoms with E-state index in [4.69, 9.17) is 9.15 Å². The minimum absolute atomic E-state index is 0.166. The average molecular weight is 538 g/mol. The Bertz CT molecular complexity index is 1730. The number of carbonyl (C=O) groups is 2. The van der Waals surface area contributed by atoms with Crippen molar-refractivity contribution in [2.24, 2.45) is 0 Å². The van der Waals surface area contributed by atoms with Crippen molar-refractivity contribution in [3.05, 3.63) is 95.7 Å². The topological polar surface area (TPSA) is 130 Å². The first-order valence-electron chi connectivity index (χ1n) is 11.9. The van der Waals surface area contributed by atoms with Crippen molar-refractivity contribution in [3.63, 3.8) is 0 Å². The molecule has 0 unspecified atom stereocenters. The van der Waals surface area contributed by atoms with E-state index in [1.165, 1.54) is 24.0 Å². The molecule has 5 aromatic rings. The fourth-order valence-corrected chi connectivity index (χ4v) is 4.64. The summed E-state index contributed by atoms with van der Waals surface area (Å²) in [7, 11) is 0. The van der Waals surface area contributed by atoms with E-state index in [9.17, 15) is 14.9 Å². The molecule has 0 bridgehead atoms. The van der Waals surface area contributed by atoms with Crippen LogP contribution in [-0.2, 0) is 5.41 Å². The lowest BCUT2D eigenvalue weighted by Gasteiger charge is -2.17. The Morgan fingerprint density at radius 3 is 2.59 bits per heavy atom. The minimum Gasteiger partial charge on any atom is -0.457 e. The van der Waals surface area contributed by atoms with E-state index >= 15 is 0 Å². The van der Waals surface area contributed by atoms with Gasteiger partial charge in [0.15, 0.2) is 17.2 Å². The van der Waals surface area contributed by atoms with Gasteiger partial charge in [0, 0.05) is 23.4 Å². The molecule has 10 heteroatoms. The summed E-state index contributed by atoms with van der Waals surface area (Å²) in [5.41, 5.74) is 2.88. The molecule has 2 N–H and O–H groups in total. The van der Waals surface area contributed by atoms with Gasteiger partial charge >= 0.3 is 0 Å². The summed E-state index contributed by atoms with van der Waals surface area (Å²) in [4.78, 5) is 33.5. The molecular formula is C29H23N5O4S. The second-order valence-electron chi connectivity index (χ2n) is 9.33. The molecule has 0 radical (unpaired) electrons. The molecule has 2 aromatic heterocycles. The van der Waals surface area contributed by atoms with Crippen molar-refractivity contribution in [2.75, 3.05) is 10.6 Å². The van der Waals surface area contributed by atoms with Crippen molar-refractivity contribution in [2.45, 2.75) is 26.2 Å². The Labute approximate surface area is 228 Å². The van der Waals surface area contributed by atoms with Gasteiger partial charge in [0.1, 0.15) is 17.8 Å². The number of carbonyl (C=O) groups excluding carboxylic acids is 2. The Morgan fingerprint density at radius 1 is 1.03 bits per heavy atom. The zero-order valence-electron chi connectivity index (χ0n) is 21.3. The van der Waals surface area contributed by atoms with Gasteiger partial charge in [-0.3, -0.25) is 14.9 Å². The summed E-state index contributed by atoms with van der Waals surface area (Å²) in [6.45, 7) is 5.52. The monoisotopic (exact) mass is 537 g/mol. The highest BCUT2D eigenvalue weighted by Crippen LogP contribution is 2.33. The molecule has 194 valence electrons. The first-order valence-corrected chi connectivity index (χ1v) is 12.8. The van der Waals surface area contributed by atoms with E-state index in [1.54, 1.807) is 36.4 Å². The molecule has 3 aromatic carbocycles. The van der Waals surface area contributed by atoms with Gasteiger partial charge in [0.25, 0.3) is 11.8 Å². The van der Waals surface area contributed by atoms with Crippen LogP contribution in [0.25, 0.3) is 10.2 Å². The summed E-state index contributed by atoms with van der Waals surface area (Å²) in [5, 5.41) is 15.5. The van der Waals surface area contributed by atoms with Crippen LogP contribution in [0.2, 0.25) is 0 Å². The number of aryl methyl sites for hydroxylation is 1. The summed E-state index contributed by atoms with van der Waals surface area (Å²) in [6, 6.07) is 20.2. The summed E-state index contributed by atoms with van der Waals surface area (Å²) in [6.07, 6.45) is 2.45. The molecule has 0 aliphatic heterocycles. The molecule has 5 rings (SSSR count). The molecule has 0 aliphatic rings. The second-order valence-corrected chi connectivity index (χ2v) is 10.4. The zero-order valence-corrected chi connectivity index (χ0v) is 22.1. The molecule has 0 atom stereocenters. The number of thiazole rings is 1. The smallest absolute Gasteiger partial charge is 0.279 e. The van der Waals surface area contributed by atoms with Crippen LogP contribution < -0.4 is 15.4 Å². The van der Waals surface area contributed by atoms with Gasteiger partial charge in [-0.25, -0.2) is 9.97 Å². The van der Waals surface area contributed by atoms with Crippen LogP contribution in [0.3, 0.4) is 0 Å². The lowest BCUT2D eigenvalue weighted by molar-refractivity contribution is 0.101. The van der Waals surface area contributed by atoms with Crippen LogP contribution in [0.1, 0.15) is 45.8 Å². The normalized spacial score (nSPS) is 11.1. The fourth-order valence-electron chi connectivity index (χ4n) is 3.75. The van der Waals surface area contributed by atoms with Gasteiger partial charge in [0.2, 0.25) is 0 Å². The maximum Gasteiger partial charge on any atom is 0.279 e. The predicted octanol–water partition coefficient (Wildman–Crippen LogP) is 6.69. The highest BCUT2D eigenvalue weighted by Gasteiger charge is 2.21.